The van der Waals surface area contributed by atoms with Crippen molar-refractivity contribution in [1.29, 1.82) is 0 Å². The van der Waals surface area contributed by atoms with Crippen molar-refractivity contribution >= 4 is 9.84 Å². The lowest BCUT2D eigenvalue weighted by Gasteiger charge is -2.31. The van der Waals surface area contributed by atoms with Crippen molar-refractivity contribution in [3.05, 3.63) is 0 Å². The number of sulfone groups is 1. The standard InChI is InChI=1S/C10H21NO3S/c1-8-4-9(15(3,12)13)5-10(8,6-11)7-14-2/h8-9H,4-7,11H2,1-3H3/t8-,9+,10-/m0/s1. The highest BCUT2D eigenvalue weighted by Crippen LogP contribution is 2.45. The summed E-state index contributed by atoms with van der Waals surface area (Å²) in [6.45, 7) is 3.11. The van der Waals surface area contributed by atoms with Crippen LogP contribution < -0.4 is 5.73 Å². The first kappa shape index (κ1) is 12.9. The highest BCUT2D eigenvalue weighted by atomic mass is 32.2. The first-order valence-electron chi connectivity index (χ1n) is 5.23. The molecule has 0 heterocycles. The fourth-order valence-electron chi connectivity index (χ4n) is 2.54. The van der Waals surface area contributed by atoms with Crippen molar-refractivity contribution in [3.8, 4) is 0 Å². The van der Waals surface area contributed by atoms with Crippen LogP contribution in [0.1, 0.15) is 19.8 Å². The van der Waals surface area contributed by atoms with E-state index in [1.807, 2.05) is 0 Å². The molecule has 1 aliphatic carbocycles. The molecule has 4 nitrogen and oxygen atoms in total. The Kier molecular flexibility index (Phi) is 3.79. The third-order valence-corrected chi connectivity index (χ3v) is 5.31. The van der Waals surface area contributed by atoms with Gasteiger partial charge < -0.3 is 10.5 Å². The monoisotopic (exact) mass is 235 g/mol. The van der Waals surface area contributed by atoms with Gasteiger partial charge in [-0.25, -0.2) is 8.42 Å². The molecular formula is C10H21NO3S. The molecule has 0 aromatic carbocycles. The normalized spacial score (nSPS) is 37.1. The zero-order valence-corrected chi connectivity index (χ0v) is 10.5. The van der Waals surface area contributed by atoms with Crippen LogP contribution >= 0.6 is 0 Å². The van der Waals surface area contributed by atoms with Gasteiger partial charge in [0.25, 0.3) is 0 Å². The summed E-state index contributed by atoms with van der Waals surface area (Å²) in [7, 11) is -1.31. The average molecular weight is 235 g/mol. The van der Waals surface area contributed by atoms with E-state index in [1.54, 1.807) is 7.11 Å². The minimum absolute atomic E-state index is 0.150. The molecule has 1 saturated carbocycles. The topological polar surface area (TPSA) is 69.4 Å². The van der Waals surface area contributed by atoms with E-state index in [2.05, 4.69) is 6.92 Å². The number of ether oxygens (including phenoxy) is 1. The van der Waals surface area contributed by atoms with Crippen molar-refractivity contribution in [2.24, 2.45) is 17.1 Å². The lowest BCUT2D eigenvalue weighted by molar-refractivity contribution is 0.0610. The Bertz CT molecular complexity index is 315. The van der Waals surface area contributed by atoms with E-state index < -0.39 is 9.84 Å². The van der Waals surface area contributed by atoms with Gasteiger partial charge in [0.15, 0.2) is 0 Å². The molecule has 0 amide bonds. The van der Waals surface area contributed by atoms with Crippen molar-refractivity contribution in [1.82, 2.24) is 0 Å². The largest absolute Gasteiger partial charge is 0.384 e. The fourth-order valence-corrected chi connectivity index (χ4v) is 3.81. The molecule has 3 atom stereocenters. The van der Waals surface area contributed by atoms with Gasteiger partial charge in [-0.2, -0.15) is 0 Å². The molecule has 0 aromatic rings. The summed E-state index contributed by atoms with van der Waals surface area (Å²) in [6, 6.07) is 0. The number of methoxy groups -OCH3 is 1. The smallest absolute Gasteiger partial charge is 0.150 e. The van der Waals surface area contributed by atoms with Crippen LogP contribution in [0.15, 0.2) is 0 Å². The Hall–Kier alpha value is -0.130. The minimum atomic E-state index is -2.95. The van der Waals surface area contributed by atoms with E-state index in [0.29, 0.717) is 31.9 Å². The van der Waals surface area contributed by atoms with Gasteiger partial charge in [-0.1, -0.05) is 6.92 Å². The Morgan fingerprint density at radius 2 is 2.13 bits per heavy atom. The van der Waals surface area contributed by atoms with Crippen molar-refractivity contribution in [3.63, 3.8) is 0 Å². The summed E-state index contributed by atoms with van der Waals surface area (Å²) < 4.78 is 28.2. The Morgan fingerprint density at radius 3 is 2.47 bits per heavy atom. The molecule has 0 spiro atoms. The van der Waals surface area contributed by atoms with E-state index in [0.717, 1.165) is 0 Å². The first-order chi connectivity index (χ1) is 6.85. The van der Waals surface area contributed by atoms with E-state index in [9.17, 15) is 8.42 Å². The van der Waals surface area contributed by atoms with Crippen molar-refractivity contribution in [2.75, 3.05) is 26.5 Å². The van der Waals surface area contributed by atoms with Gasteiger partial charge in [0.1, 0.15) is 9.84 Å². The van der Waals surface area contributed by atoms with E-state index >= 15 is 0 Å². The summed E-state index contributed by atoms with van der Waals surface area (Å²) in [5, 5.41) is -0.244. The molecule has 2 N–H and O–H groups in total. The Morgan fingerprint density at radius 1 is 1.53 bits per heavy atom. The SMILES string of the molecule is COC[C@@]1(CN)C[C@H](S(C)(=O)=O)C[C@@H]1C. The quantitative estimate of drug-likeness (QED) is 0.767. The highest BCUT2D eigenvalue weighted by Gasteiger charge is 2.47. The Balaban J connectivity index is 2.86. The van der Waals surface area contributed by atoms with E-state index in [-0.39, 0.29) is 10.7 Å². The van der Waals surface area contributed by atoms with Gasteiger partial charge in [-0.15, -0.1) is 0 Å². The van der Waals surface area contributed by atoms with Gasteiger partial charge >= 0.3 is 0 Å². The third-order valence-electron chi connectivity index (χ3n) is 3.74. The van der Waals surface area contributed by atoms with Gasteiger partial charge in [-0.05, 0) is 18.8 Å². The number of nitrogens with two attached hydrogens (primary N) is 1. The second-order valence-electron chi connectivity index (χ2n) is 4.79. The molecule has 0 saturated heterocycles. The van der Waals surface area contributed by atoms with Crippen molar-refractivity contribution < 1.29 is 13.2 Å². The van der Waals surface area contributed by atoms with Gasteiger partial charge in [0, 0.05) is 25.3 Å². The van der Waals surface area contributed by atoms with Crippen molar-refractivity contribution in [2.45, 2.75) is 25.0 Å². The summed E-state index contributed by atoms with van der Waals surface area (Å²) in [5.41, 5.74) is 5.63. The summed E-state index contributed by atoms with van der Waals surface area (Å²) in [4.78, 5) is 0. The molecule has 0 aliphatic heterocycles. The maximum absolute atomic E-state index is 11.5. The molecule has 0 aromatic heterocycles. The van der Waals surface area contributed by atoms with Crippen LogP contribution in [0, 0.1) is 11.3 Å². The summed E-state index contributed by atoms with van der Waals surface area (Å²) in [6.07, 6.45) is 2.65. The van der Waals surface area contributed by atoms with Crippen LogP contribution in [0.3, 0.4) is 0 Å². The molecule has 0 unspecified atom stereocenters. The zero-order valence-electron chi connectivity index (χ0n) is 9.69. The fraction of sp³-hybridized carbons (Fsp3) is 1.00. The Labute approximate surface area is 92.1 Å². The van der Waals surface area contributed by atoms with Crippen LogP contribution in [0.5, 0.6) is 0 Å². The molecule has 1 aliphatic rings. The lowest BCUT2D eigenvalue weighted by atomic mass is 9.80. The maximum atomic E-state index is 11.5. The van der Waals surface area contributed by atoms with Crippen LogP contribution in [-0.4, -0.2) is 40.2 Å². The van der Waals surface area contributed by atoms with Gasteiger partial charge in [-0.3, -0.25) is 0 Å². The minimum Gasteiger partial charge on any atom is -0.384 e. The maximum Gasteiger partial charge on any atom is 0.150 e. The summed E-state index contributed by atoms with van der Waals surface area (Å²) >= 11 is 0. The molecule has 1 fully saturated rings. The second kappa shape index (κ2) is 4.39. The molecule has 5 heteroatoms. The number of hydrogen-bond acceptors (Lipinski definition) is 4. The van der Waals surface area contributed by atoms with Gasteiger partial charge in [0.05, 0.1) is 11.9 Å². The highest BCUT2D eigenvalue weighted by molar-refractivity contribution is 7.91. The predicted octanol–water partition coefficient (Wildman–Crippen LogP) is 0.421. The number of rotatable bonds is 4. The zero-order chi connectivity index (χ0) is 11.7. The molecule has 90 valence electrons. The molecule has 15 heavy (non-hydrogen) atoms. The first-order valence-corrected chi connectivity index (χ1v) is 7.19. The summed E-state index contributed by atoms with van der Waals surface area (Å²) in [5.74, 6) is 0.308. The lowest BCUT2D eigenvalue weighted by Crippen LogP contribution is -2.37. The van der Waals surface area contributed by atoms with Crippen LogP contribution in [0.2, 0.25) is 0 Å². The molecule has 0 bridgehead atoms. The third kappa shape index (κ3) is 2.52. The molecule has 0 radical (unpaired) electrons. The van der Waals surface area contributed by atoms with Gasteiger partial charge in [0.2, 0.25) is 0 Å². The average Bonchev–Trinajstić information content (AvgIpc) is 2.45. The number of hydrogen-bond donors (Lipinski definition) is 1. The van der Waals surface area contributed by atoms with Crippen LogP contribution in [-0.2, 0) is 14.6 Å². The molecular weight excluding hydrogens is 214 g/mol. The van der Waals surface area contributed by atoms with E-state index in [1.165, 1.54) is 6.26 Å². The second-order valence-corrected chi connectivity index (χ2v) is 7.12. The van der Waals surface area contributed by atoms with E-state index in [4.69, 9.17) is 10.5 Å². The predicted molar refractivity (Wildman–Crippen MR) is 60.4 cm³/mol. The molecule has 1 rings (SSSR count). The van der Waals surface area contributed by atoms with Crippen LogP contribution in [0.4, 0.5) is 0 Å². The van der Waals surface area contributed by atoms with Crippen LogP contribution in [0.25, 0.3) is 0 Å².